The predicted molar refractivity (Wildman–Crippen MR) is 144 cm³/mol. The summed E-state index contributed by atoms with van der Waals surface area (Å²) in [5, 5.41) is 3.82. The number of hydrogen-bond acceptors (Lipinski definition) is 5. The standard InChI is InChI=1S/C24H15Cl3N2O3S2/c25-15-8-10-16(11-9-15)29-23(31)20(34-24(29)33)12-14-4-1-2-7-19(14)32-13-21(30)28-18-6-3-5-17(26)22(18)27/h1-12H,13H2,(H,28,30)/b20-12-. The Morgan fingerprint density at radius 1 is 1.03 bits per heavy atom. The summed E-state index contributed by atoms with van der Waals surface area (Å²) < 4.78 is 6.14. The maximum Gasteiger partial charge on any atom is 0.270 e. The summed E-state index contributed by atoms with van der Waals surface area (Å²) in [4.78, 5) is 27.3. The van der Waals surface area contributed by atoms with Gasteiger partial charge < -0.3 is 10.1 Å². The monoisotopic (exact) mass is 548 g/mol. The molecular weight excluding hydrogens is 535 g/mol. The van der Waals surface area contributed by atoms with Crippen molar-refractivity contribution < 1.29 is 14.3 Å². The van der Waals surface area contributed by atoms with Crippen molar-refractivity contribution in [3.8, 4) is 5.75 Å². The highest BCUT2D eigenvalue weighted by atomic mass is 35.5. The van der Waals surface area contributed by atoms with Crippen molar-refractivity contribution in [2.75, 3.05) is 16.8 Å². The molecule has 1 heterocycles. The van der Waals surface area contributed by atoms with Gasteiger partial charge in [0.25, 0.3) is 11.8 Å². The first kappa shape index (κ1) is 24.6. The first-order valence-corrected chi connectivity index (χ1v) is 12.2. The number of rotatable bonds is 6. The van der Waals surface area contributed by atoms with E-state index in [9.17, 15) is 9.59 Å². The molecule has 1 aliphatic heterocycles. The Morgan fingerprint density at radius 2 is 1.76 bits per heavy atom. The van der Waals surface area contributed by atoms with Gasteiger partial charge >= 0.3 is 0 Å². The zero-order valence-corrected chi connectivity index (χ0v) is 21.2. The van der Waals surface area contributed by atoms with Gasteiger partial charge in [-0.2, -0.15) is 0 Å². The summed E-state index contributed by atoms with van der Waals surface area (Å²) in [6.45, 7) is -0.264. The number of halogens is 3. The van der Waals surface area contributed by atoms with Crippen molar-refractivity contribution in [2.24, 2.45) is 0 Å². The number of anilines is 2. The van der Waals surface area contributed by atoms with E-state index in [4.69, 9.17) is 51.8 Å². The molecule has 34 heavy (non-hydrogen) atoms. The number of carbonyl (C=O) groups excluding carboxylic acids is 2. The van der Waals surface area contributed by atoms with Gasteiger partial charge in [-0.1, -0.05) is 83.0 Å². The Balaban J connectivity index is 1.48. The van der Waals surface area contributed by atoms with Crippen LogP contribution in [0.1, 0.15) is 5.56 Å². The SMILES string of the molecule is O=C(COc1ccccc1/C=C1\SC(=S)N(c2ccc(Cl)cc2)C1=O)Nc1cccc(Cl)c1Cl. The molecule has 3 aromatic carbocycles. The smallest absolute Gasteiger partial charge is 0.270 e. The van der Waals surface area contributed by atoms with Crippen LogP contribution in [0.25, 0.3) is 6.08 Å². The van der Waals surface area contributed by atoms with Gasteiger partial charge in [0.15, 0.2) is 10.9 Å². The third-order valence-electron chi connectivity index (χ3n) is 4.67. The lowest BCUT2D eigenvalue weighted by Crippen LogP contribution is -2.27. The van der Waals surface area contributed by atoms with Gasteiger partial charge in [0.2, 0.25) is 0 Å². The van der Waals surface area contributed by atoms with Gasteiger partial charge in [-0.3, -0.25) is 14.5 Å². The second-order valence-corrected chi connectivity index (χ2v) is 9.87. The van der Waals surface area contributed by atoms with Crippen LogP contribution in [-0.4, -0.2) is 22.7 Å². The normalized spacial score (nSPS) is 14.6. The Morgan fingerprint density at radius 3 is 2.53 bits per heavy atom. The topological polar surface area (TPSA) is 58.6 Å². The van der Waals surface area contributed by atoms with Crippen molar-refractivity contribution in [3.05, 3.63) is 92.3 Å². The lowest BCUT2D eigenvalue weighted by molar-refractivity contribution is -0.118. The third kappa shape index (κ3) is 5.56. The third-order valence-corrected chi connectivity index (χ3v) is 7.04. The van der Waals surface area contributed by atoms with E-state index in [1.165, 1.54) is 16.7 Å². The Hall–Kier alpha value is -2.55. The lowest BCUT2D eigenvalue weighted by Gasteiger charge is -2.14. The first-order valence-electron chi connectivity index (χ1n) is 9.82. The van der Waals surface area contributed by atoms with E-state index < -0.39 is 5.91 Å². The fourth-order valence-corrected chi connectivity index (χ4v) is 4.85. The molecule has 1 saturated heterocycles. The number of thioether (sulfide) groups is 1. The molecule has 172 valence electrons. The molecule has 5 nitrogen and oxygen atoms in total. The molecule has 0 bridgehead atoms. The predicted octanol–water partition coefficient (Wildman–Crippen LogP) is 7.07. The summed E-state index contributed by atoms with van der Waals surface area (Å²) in [6.07, 6.45) is 1.69. The Labute approximate surface area is 220 Å². The lowest BCUT2D eigenvalue weighted by atomic mass is 10.2. The molecule has 0 unspecified atom stereocenters. The highest BCUT2D eigenvalue weighted by molar-refractivity contribution is 8.27. The van der Waals surface area contributed by atoms with Crippen molar-refractivity contribution >= 4 is 92.4 Å². The molecule has 0 spiro atoms. The maximum atomic E-state index is 13.0. The van der Waals surface area contributed by atoms with Gasteiger partial charge in [0, 0.05) is 10.6 Å². The van der Waals surface area contributed by atoms with Crippen LogP contribution in [0, 0.1) is 0 Å². The summed E-state index contributed by atoms with van der Waals surface area (Å²) >= 11 is 24.6. The van der Waals surface area contributed by atoms with Gasteiger partial charge in [0.1, 0.15) is 5.75 Å². The molecule has 10 heteroatoms. The van der Waals surface area contributed by atoms with Gasteiger partial charge in [-0.15, -0.1) is 0 Å². The molecule has 1 N–H and O–H groups in total. The van der Waals surface area contributed by atoms with E-state index in [2.05, 4.69) is 5.32 Å². The zero-order chi connectivity index (χ0) is 24.2. The minimum absolute atomic E-state index is 0.250. The number of thiocarbonyl (C=S) groups is 1. The number of nitrogens with one attached hydrogen (secondary N) is 1. The van der Waals surface area contributed by atoms with Crippen LogP contribution in [0.15, 0.2) is 71.6 Å². The Kier molecular flexibility index (Phi) is 7.80. The number of carbonyl (C=O) groups is 2. The Bertz CT molecular complexity index is 1310. The number of hydrogen-bond donors (Lipinski definition) is 1. The first-order chi connectivity index (χ1) is 16.3. The molecule has 1 aliphatic rings. The van der Waals surface area contributed by atoms with Crippen molar-refractivity contribution in [3.63, 3.8) is 0 Å². The number of ether oxygens (including phenoxy) is 1. The largest absolute Gasteiger partial charge is 0.483 e. The zero-order valence-electron chi connectivity index (χ0n) is 17.3. The van der Waals surface area contributed by atoms with Crippen LogP contribution < -0.4 is 15.0 Å². The average molecular weight is 550 g/mol. The maximum absolute atomic E-state index is 13.0. The van der Waals surface area contributed by atoms with Crippen LogP contribution >= 0.6 is 58.8 Å². The quantitative estimate of drug-likeness (QED) is 0.263. The second-order valence-electron chi connectivity index (χ2n) is 6.97. The van der Waals surface area contributed by atoms with E-state index in [0.717, 1.165) is 0 Å². The van der Waals surface area contributed by atoms with Gasteiger partial charge in [-0.25, -0.2) is 0 Å². The molecule has 3 aromatic rings. The van der Waals surface area contributed by atoms with E-state index in [1.807, 2.05) is 6.07 Å². The minimum atomic E-state index is -0.409. The van der Waals surface area contributed by atoms with Crippen LogP contribution in [-0.2, 0) is 9.59 Å². The molecule has 0 aromatic heterocycles. The van der Waals surface area contributed by atoms with Crippen molar-refractivity contribution in [1.82, 2.24) is 0 Å². The summed E-state index contributed by atoms with van der Waals surface area (Å²) in [5.74, 6) is -0.222. The van der Waals surface area contributed by atoms with Gasteiger partial charge in [0.05, 0.1) is 26.3 Å². The molecule has 1 fully saturated rings. The number of para-hydroxylation sites is 1. The molecule has 4 rings (SSSR count). The van der Waals surface area contributed by atoms with Crippen LogP contribution in [0.3, 0.4) is 0 Å². The van der Waals surface area contributed by atoms with Crippen LogP contribution in [0.4, 0.5) is 11.4 Å². The molecule has 0 aliphatic carbocycles. The van der Waals surface area contributed by atoms with E-state index >= 15 is 0 Å². The minimum Gasteiger partial charge on any atom is -0.483 e. The van der Waals surface area contributed by atoms with Crippen molar-refractivity contribution in [1.29, 1.82) is 0 Å². The fraction of sp³-hybridized carbons (Fsp3) is 0.0417. The van der Waals surface area contributed by atoms with Gasteiger partial charge in [-0.05, 0) is 48.5 Å². The van der Waals surface area contributed by atoms with E-state index in [-0.39, 0.29) is 17.5 Å². The van der Waals surface area contributed by atoms with Crippen molar-refractivity contribution in [2.45, 2.75) is 0 Å². The van der Waals surface area contributed by atoms with Crippen LogP contribution in [0.5, 0.6) is 5.75 Å². The fourth-order valence-electron chi connectivity index (χ4n) is 3.08. The molecular formula is C24H15Cl3N2O3S2. The highest BCUT2D eigenvalue weighted by Gasteiger charge is 2.33. The molecule has 0 radical (unpaired) electrons. The van der Waals surface area contributed by atoms with E-state index in [1.54, 1.807) is 66.7 Å². The number of benzene rings is 3. The average Bonchev–Trinajstić information content (AvgIpc) is 3.09. The summed E-state index contributed by atoms with van der Waals surface area (Å²) in [5.41, 5.74) is 1.66. The molecule has 2 amide bonds. The number of amides is 2. The van der Waals surface area contributed by atoms with Crippen LogP contribution in [0.2, 0.25) is 15.1 Å². The highest BCUT2D eigenvalue weighted by Crippen LogP contribution is 2.37. The van der Waals surface area contributed by atoms with E-state index in [0.29, 0.717) is 42.0 Å². The summed E-state index contributed by atoms with van der Waals surface area (Å²) in [7, 11) is 0. The second kappa shape index (κ2) is 10.8. The summed E-state index contributed by atoms with van der Waals surface area (Å²) in [6, 6.07) is 18.9. The molecule has 0 atom stereocenters. The number of nitrogens with zero attached hydrogens (tertiary/aromatic N) is 1. The molecule has 0 saturated carbocycles.